The van der Waals surface area contributed by atoms with Crippen LogP contribution in [0.4, 0.5) is 0 Å². The molecule has 3 rings (SSSR count). The molecule has 2 N–H and O–H groups in total. The van der Waals surface area contributed by atoms with Gasteiger partial charge in [-0.2, -0.15) is 0 Å². The lowest BCUT2D eigenvalue weighted by Gasteiger charge is -2.13. The van der Waals surface area contributed by atoms with E-state index in [1.165, 1.54) is 16.7 Å². The van der Waals surface area contributed by atoms with Gasteiger partial charge in [-0.1, -0.05) is 18.2 Å². The van der Waals surface area contributed by atoms with E-state index in [1.807, 2.05) is 13.0 Å². The summed E-state index contributed by atoms with van der Waals surface area (Å²) in [5.74, 6) is 3.46. The van der Waals surface area contributed by atoms with E-state index in [-0.39, 0.29) is 0 Å². The molecule has 1 heterocycles. The molecule has 0 saturated carbocycles. The van der Waals surface area contributed by atoms with E-state index in [1.54, 1.807) is 14.2 Å². The zero-order valence-electron chi connectivity index (χ0n) is 18.3. The van der Waals surface area contributed by atoms with Crippen LogP contribution in [-0.2, 0) is 19.3 Å². The molecule has 0 aliphatic carbocycles. The average molecular weight is 412 g/mol. The number of aliphatic imine (C=N–C) groups is 1. The molecule has 0 unspecified atom stereocenters. The standard InChI is InChI=1S/C24H33N3O3/c1-4-29-23-17-18(8-10-22(23)28-3)6-5-13-26-24(25-2)27-14-11-19-7-9-21-20(16-19)12-15-30-21/h7-10,16-17H,4-6,11-15H2,1-3H3,(H2,25,26,27). The third kappa shape index (κ3) is 6.05. The Bertz CT molecular complexity index is 852. The summed E-state index contributed by atoms with van der Waals surface area (Å²) in [5, 5.41) is 6.79. The van der Waals surface area contributed by atoms with Crippen LogP contribution < -0.4 is 24.8 Å². The number of ether oxygens (including phenoxy) is 3. The van der Waals surface area contributed by atoms with Crippen molar-refractivity contribution < 1.29 is 14.2 Å². The lowest BCUT2D eigenvalue weighted by molar-refractivity contribution is 0.310. The second-order valence-electron chi connectivity index (χ2n) is 7.24. The summed E-state index contributed by atoms with van der Waals surface area (Å²) in [5.41, 5.74) is 3.89. The van der Waals surface area contributed by atoms with Crippen molar-refractivity contribution in [2.45, 2.75) is 32.6 Å². The van der Waals surface area contributed by atoms with Crippen LogP contribution in [0, 0.1) is 0 Å². The van der Waals surface area contributed by atoms with Gasteiger partial charge in [0.2, 0.25) is 0 Å². The number of nitrogens with one attached hydrogen (secondary N) is 2. The number of fused-ring (bicyclic) bond motifs is 1. The second kappa shape index (κ2) is 11.3. The van der Waals surface area contributed by atoms with E-state index in [4.69, 9.17) is 14.2 Å². The molecule has 162 valence electrons. The molecule has 2 aromatic rings. The predicted octanol–water partition coefficient (Wildman–Crippen LogP) is 3.37. The number of nitrogens with zero attached hydrogens (tertiary/aromatic N) is 1. The van der Waals surface area contributed by atoms with Gasteiger partial charge in [0.1, 0.15) is 5.75 Å². The fourth-order valence-corrected chi connectivity index (χ4v) is 3.59. The van der Waals surface area contributed by atoms with E-state index < -0.39 is 0 Å². The van der Waals surface area contributed by atoms with E-state index in [0.29, 0.717) is 6.61 Å². The van der Waals surface area contributed by atoms with Crippen LogP contribution in [0.15, 0.2) is 41.4 Å². The van der Waals surface area contributed by atoms with E-state index in [2.05, 4.69) is 46.0 Å². The van der Waals surface area contributed by atoms with Crippen LogP contribution in [0.3, 0.4) is 0 Å². The molecule has 0 bridgehead atoms. The summed E-state index contributed by atoms with van der Waals surface area (Å²) in [6.45, 7) is 5.11. The number of rotatable bonds is 10. The molecular weight excluding hydrogens is 378 g/mol. The highest BCUT2D eigenvalue weighted by Gasteiger charge is 2.11. The molecular formula is C24H33N3O3. The third-order valence-corrected chi connectivity index (χ3v) is 5.15. The lowest BCUT2D eigenvalue weighted by Crippen LogP contribution is -2.38. The molecule has 1 aliphatic rings. The van der Waals surface area contributed by atoms with Crippen LogP contribution in [-0.4, -0.2) is 46.4 Å². The minimum atomic E-state index is 0.628. The van der Waals surface area contributed by atoms with Gasteiger partial charge in [-0.15, -0.1) is 0 Å². The van der Waals surface area contributed by atoms with Crippen molar-refractivity contribution in [2.24, 2.45) is 4.99 Å². The van der Waals surface area contributed by atoms with Gasteiger partial charge < -0.3 is 24.8 Å². The van der Waals surface area contributed by atoms with Gasteiger partial charge in [0.15, 0.2) is 17.5 Å². The van der Waals surface area contributed by atoms with Crippen molar-refractivity contribution in [3.05, 3.63) is 53.1 Å². The zero-order valence-corrected chi connectivity index (χ0v) is 18.3. The fourth-order valence-electron chi connectivity index (χ4n) is 3.59. The molecule has 0 fully saturated rings. The number of guanidine groups is 1. The Morgan fingerprint density at radius 3 is 2.63 bits per heavy atom. The molecule has 6 nitrogen and oxygen atoms in total. The Labute approximate surface area is 179 Å². The fraction of sp³-hybridized carbons (Fsp3) is 0.458. The summed E-state index contributed by atoms with van der Waals surface area (Å²) in [7, 11) is 3.47. The van der Waals surface area contributed by atoms with Gasteiger partial charge in [-0.25, -0.2) is 0 Å². The monoisotopic (exact) mass is 411 g/mol. The topological polar surface area (TPSA) is 64.1 Å². The van der Waals surface area contributed by atoms with Crippen molar-refractivity contribution in [1.82, 2.24) is 10.6 Å². The molecule has 1 aliphatic heterocycles. The van der Waals surface area contributed by atoms with Gasteiger partial charge in [-0.05, 0) is 61.1 Å². The molecule has 0 radical (unpaired) electrons. The maximum atomic E-state index is 5.66. The van der Waals surface area contributed by atoms with Crippen molar-refractivity contribution in [2.75, 3.05) is 40.5 Å². The molecule has 6 heteroatoms. The number of methoxy groups -OCH3 is 1. The van der Waals surface area contributed by atoms with Gasteiger partial charge in [-0.3, -0.25) is 4.99 Å². The molecule has 0 saturated heterocycles. The largest absolute Gasteiger partial charge is 0.493 e. The summed E-state index contributed by atoms with van der Waals surface area (Å²) < 4.78 is 16.6. The normalized spacial score (nSPS) is 12.8. The minimum Gasteiger partial charge on any atom is -0.493 e. The van der Waals surface area contributed by atoms with Gasteiger partial charge in [0, 0.05) is 26.6 Å². The summed E-state index contributed by atoms with van der Waals surface area (Å²) in [6, 6.07) is 12.6. The van der Waals surface area contributed by atoms with Crippen molar-refractivity contribution in [3.63, 3.8) is 0 Å². The average Bonchev–Trinajstić information content (AvgIpc) is 3.24. The first-order valence-corrected chi connectivity index (χ1v) is 10.7. The predicted molar refractivity (Wildman–Crippen MR) is 121 cm³/mol. The molecule has 0 aromatic heterocycles. The zero-order chi connectivity index (χ0) is 21.2. The van der Waals surface area contributed by atoms with Crippen molar-refractivity contribution >= 4 is 5.96 Å². The Hall–Kier alpha value is -2.89. The SMILES string of the molecule is CCOc1cc(CCCNC(=NC)NCCc2ccc3c(c2)CCO3)ccc1OC. The maximum absolute atomic E-state index is 5.66. The Morgan fingerprint density at radius 2 is 1.83 bits per heavy atom. The second-order valence-corrected chi connectivity index (χ2v) is 7.24. The molecule has 2 aromatic carbocycles. The van der Waals surface area contributed by atoms with Crippen LogP contribution in [0.25, 0.3) is 0 Å². The van der Waals surface area contributed by atoms with Gasteiger partial charge in [0.05, 0.1) is 20.3 Å². The number of hydrogen-bond donors (Lipinski definition) is 2. The number of aryl methyl sites for hydroxylation is 1. The maximum Gasteiger partial charge on any atom is 0.190 e. The molecule has 0 amide bonds. The molecule has 0 atom stereocenters. The highest BCUT2D eigenvalue weighted by atomic mass is 16.5. The first-order chi connectivity index (χ1) is 14.7. The number of benzene rings is 2. The van der Waals surface area contributed by atoms with Crippen LogP contribution >= 0.6 is 0 Å². The minimum absolute atomic E-state index is 0.628. The number of hydrogen-bond acceptors (Lipinski definition) is 4. The van der Waals surface area contributed by atoms with E-state index in [9.17, 15) is 0 Å². The smallest absolute Gasteiger partial charge is 0.190 e. The first kappa shape index (κ1) is 21.8. The Kier molecular flexibility index (Phi) is 8.24. The van der Waals surface area contributed by atoms with E-state index in [0.717, 1.165) is 68.6 Å². The quantitative estimate of drug-likeness (QED) is 0.357. The van der Waals surface area contributed by atoms with Gasteiger partial charge >= 0.3 is 0 Å². The Morgan fingerprint density at radius 1 is 1.03 bits per heavy atom. The highest BCUT2D eigenvalue weighted by molar-refractivity contribution is 5.79. The van der Waals surface area contributed by atoms with Gasteiger partial charge in [0.25, 0.3) is 0 Å². The Balaban J connectivity index is 1.38. The molecule has 0 spiro atoms. The van der Waals surface area contributed by atoms with Crippen molar-refractivity contribution in [3.8, 4) is 17.2 Å². The van der Waals surface area contributed by atoms with Crippen LogP contribution in [0.2, 0.25) is 0 Å². The summed E-state index contributed by atoms with van der Waals surface area (Å²) in [6.07, 6.45) is 3.94. The van der Waals surface area contributed by atoms with Crippen molar-refractivity contribution in [1.29, 1.82) is 0 Å². The third-order valence-electron chi connectivity index (χ3n) is 5.15. The lowest BCUT2D eigenvalue weighted by atomic mass is 10.1. The summed E-state index contributed by atoms with van der Waals surface area (Å²) in [4.78, 5) is 4.32. The highest BCUT2D eigenvalue weighted by Crippen LogP contribution is 2.28. The van der Waals surface area contributed by atoms with Crippen LogP contribution in [0.1, 0.15) is 30.0 Å². The summed E-state index contributed by atoms with van der Waals surface area (Å²) >= 11 is 0. The first-order valence-electron chi connectivity index (χ1n) is 10.7. The molecule has 30 heavy (non-hydrogen) atoms. The van der Waals surface area contributed by atoms with E-state index >= 15 is 0 Å². The van der Waals surface area contributed by atoms with Crippen LogP contribution in [0.5, 0.6) is 17.2 Å².